The minimum absolute atomic E-state index is 0.300. The molecule has 0 amide bonds. The molecule has 18 heavy (non-hydrogen) atoms. The van der Waals surface area contributed by atoms with E-state index in [-0.39, 0.29) is 10.9 Å². The molecule has 0 radical (unpaired) electrons. The van der Waals surface area contributed by atoms with Crippen LogP contribution in [0.3, 0.4) is 0 Å². The highest BCUT2D eigenvalue weighted by Gasteiger charge is 2.04. The van der Waals surface area contributed by atoms with E-state index in [4.69, 9.17) is 0 Å². The van der Waals surface area contributed by atoms with Crippen molar-refractivity contribution >= 4 is 5.69 Å². The van der Waals surface area contributed by atoms with Crippen molar-refractivity contribution in [3.8, 4) is 0 Å². The molecule has 0 bridgehead atoms. The molecule has 0 heterocycles. The van der Waals surface area contributed by atoms with Gasteiger partial charge in [-0.3, -0.25) is 9.59 Å². The van der Waals surface area contributed by atoms with Crippen LogP contribution in [0.15, 0.2) is 26.7 Å². The second-order valence-corrected chi connectivity index (χ2v) is 4.26. The van der Waals surface area contributed by atoms with Gasteiger partial charge in [0.05, 0.1) is 12.6 Å². The van der Waals surface area contributed by atoms with Crippen molar-refractivity contribution in [3.05, 3.63) is 43.3 Å². The van der Waals surface area contributed by atoms with Crippen LogP contribution >= 0.6 is 0 Å². The summed E-state index contributed by atoms with van der Waals surface area (Å²) in [6.07, 6.45) is 3.96. The van der Waals surface area contributed by atoms with E-state index in [1.165, 1.54) is 6.07 Å². The molecule has 0 saturated heterocycles. The first kappa shape index (κ1) is 14.5. The van der Waals surface area contributed by atoms with Crippen LogP contribution in [0.25, 0.3) is 5.32 Å². The molecule has 0 unspecified atom stereocenters. The summed E-state index contributed by atoms with van der Waals surface area (Å²) in [5.74, 6) is 0. The summed E-state index contributed by atoms with van der Waals surface area (Å²) in [7, 11) is 0. The first-order valence-electron chi connectivity index (χ1n) is 6.56. The maximum atomic E-state index is 11.6. The lowest BCUT2D eigenvalue weighted by atomic mass is 10.2. The van der Waals surface area contributed by atoms with Crippen molar-refractivity contribution in [3.63, 3.8) is 0 Å². The minimum Gasteiger partial charge on any atom is -0.620 e. The van der Waals surface area contributed by atoms with E-state index in [1.807, 2.05) is 0 Å². The summed E-state index contributed by atoms with van der Waals surface area (Å²) in [6, 6.07) is 2.62. The number of benzene rings is 1. The Hall–Kier alpha value is -1.58. The lowest BCUT2D eigenvalue weighted by molar-refractivity contribution is 0.792. The molecule has 0 fully saturated rings. The Bertz CT molecular complexity index is 520. The van der Waals surface area contributed by atoms with Gasteiger partial charge in [-0.1, -0.05) is 33.1 Å². The molecule has 0 aromatic heterocycles. The van der Waals surface area contributed by atoms with Crippen molar-refractivity contribution < 1.29 is 0 Å². The van der Waals surface area contributed by atoms with Gasteiger partial charge in [0.15, 0.2) is 0 Å². The number of unbranched alkanes of at least 4 members (excludes halogenated alkanes) is 2. The van der Waals surface area contributed by atoms with E-state index in [1.54, 1.807) is 0 Å². The Kier molecular flexibility index (Phi) is 6.19. The van der Waals surface area contributed by atoms with Gasteiger partial charge >= 0.3 is 5.43 Å². The Labute approximate surface area is 107 Å². The van der Waals surface area contributed by atoms with Gasteiger partial charge in [-0.05, 0) is 6.42 Å². The first-order chi connectivity index (χ1) is 8.69. The van der Waals surface area contributed by atoms with Crippen LogP contribution < -0.4 is 16.2 Å². The molecule has 4 nitrogen and oxygen atoms in total. The third-order valence-electron chi connectivity index (χ3n) is 2.63. The van der Waals surface area contributed by atoms with Crippen LogP contribution in [-0.2, 0) is 0 Å². The third-order valence-corrected chi connectivity index (χ3v) is 2.63. The molecular weight excluding hydrogens is 228 g/mol. The fourth-order valence-corrected chi connectivity index (χ4v) is 1.50. The molecular formula is C14H20N2O2. The summed E-state index contributed by atoms with van der Waals surface area (Å²) in [5, 5.41) is 4.57. The molecule has 0 aliphatic heterocycles. The Morgan fingerprint density at radius 3 is 2.56 bits per heavy atom. The zero-order valence-corrected chi connectivity index (χ0v) is 11.1. The van der Waals surface area contributed by atoms with Gasteiger partial charge in [0, 0.05) is 5.69 Å². The van der Waals surface area contributed by atoms with Gasteiger partial charge in [0.2, 0.25) is 5.36 Å². The van der Waals surface area contributed by atoms with Crippen LogP contribution in [0, 0.1) is 0 Å². The fraction of sp³-hybridized carbons (Fsp3) is 0.571. The Balaban J connectivity index is 2.92. The quantitative estimate of drug-likeness (QED) is 0.548. The van der Waals surface area contributed by atoms with Crippen LogP contribution in [0.5, 0.6) is 0 Å². The lowest BCUT2D eigenvalue weighted by Gasteiger charge is -2.12. The molecule has 0 aliphatic carbocycles. The van der Waals surface area contributed by atoms with Gasteiger partial charge < -0.3 is 5.32 Å². The summed E-state index contributed by atoms with van der Waals surface area (Å²) < 4.78 is 0. The fourth-order valence-electron chi connectivity index (χ4n) is 1.50. The highest BCUT2D eigenvalue weighted by atomic mass is 16.1. The average Bonchev–Trinajstić information content (AvgIpc) is 2.34. The van der Waals surface area contributed by atoms with Crippen LogP contribution in [-0.4, -0.2) is 13.1 Å². The highest BCUT2D eigenvalue weighted by Crippen LogP contribution is 2.09. The van der Waals surface area contributed by atoms with Gasteiger partial charge in [0.25, 0.3) is 5.43 Å². The summed E-state index contributed by atoms with van der Waals surface area (Å²) in [6.45, 7) is 5.39. The normalized spacial score (nSPS) is 11.8. The molecule has 0 spiro atoms. The van der Waals surface area contributed by atoms with E-state index >= 15 is 0 Å². The Morgan fingerprint density at radius 1 is 1.17 bits per heavy atom. The maximum Gasteiger partial charge on any atom is 0.314 e. The van der Waals surface area contributed by atoms with E-state index in [2.05, 4.69) is 24.2 Å². The SMILES string of the molecule is CCCCN=c1cc([N-]CCCC)c(=O)[cH+]c1=O. The molecule has 98 valence electrons. The molecule has 1 aromatic rings. The number of hydrogen-bond donors (Lipinski definition) is 0. The predicted molar refractivity (Wildman–Crippen MR) is 73.9 cm³/mol. The standard InChI is InChI=1S/C14H20N2O2/c1-3-5-7-15-11-9-12(16-8-6-4-2)14(18)10-13(11)17/h9-10H,3-8H2,1-2H3. The first-order valence-corrected chi connectivity index (χ1v) is 6.56. The van der Waals surface area contributed by atoms with E-state index < -0.39 is 0 Å². The Morgan fingerprint density at radius 2 is 1.89 bits per heavy atom. The van der Waals surface area contributed by atoms with E-state index in [0.29, 0.717) is 24.1 Å². The van der Waals surface area contributed by atoms with E-state index in [9.17, 15) is 9.59 Å². The minimum atomic E-state index is -0.300. The van der Waals surface area contributed by atoms with Crippen LogP contribution in [0.1, 0.15) is 39.5 Å². The zero-order chi connectivity index (χ0) is 13.4. The molecule has 1 aromatic carbocycles. The van der Waals surface area contributed by atoms with Crippen molar-refractivity contribution in [1.29, 1.82) is 0 Å². The van der Waals surface area contributed by atoms with Gasteiger partial charge in [-0.2, -0.15) is 0 Å². The number of hydrogen-bond acceptors (Lipinski definition) is 3. The second-order valence-electron chi connectivity index (χ2n) is 4.26. The average molecular weight is 248 g/mol. The zero-order valence-electron chi connectivity index (χ0n) is 11.1. The topological polar surface area (TPSA) is 60.6 Å². The summed E-state index contributed by atoms with van der Waals surface area (Å²) >= 11 is 0. The summed E-state index contributed by atoms with van der Waals surface area (Å²) in [5.41, 5.74) is -0.241. The maximum absolute atomic E-state index is 11.6. The monoisotopic (exact) mass is 248 g/mol. The smallest absolute Gasteiger partial charge is 0.314 e. The van der Waals surface area contributed by atoms with Gasteiger partial charge in [-0.15, -0.1) is 6.54 Å². The molecule has 4 heteroatoms. The number of rotatable bonds is 7. The van der Waals surface area contributed by atoms with Gasteiger partial charge in [0.1, 0.15) is 6.07 Å². The predicted octanol–water partition coefficient (Wildman–Crippen LogP) is 2.07. The molecule has 0 N–H and O–H groups in total. The second kappa shape index (κ2) is 7.69. The van der Waals surface area contributed by atoms with Crippen molar-refractivity contribution in [2.45, 2.75) is 39.5 Å². The van der Waals surface area contributed by atoms with Crippen LogP contribution in [0.4, 0.5) is 5.69 Å². The highest BCUT2D eigenvalue weighted by molar-refractivity contribution is 5.47. The summed E-state index contributed by atoms with van der Waals surface area (Å²) in [4.78, 5) is 27.4. The largest absolute Gasteiger partial charge is 0.620 e. The van der Waals surface area contributed by atoms with Crippen LogP contribution in [0.2, 0.25) is 0 Å². The molecule has 0 saturated carbocycles. The lowest BCUT2D eigenvalue weighted by Crippen LogP contribution is -2.28. The number of nitrogens with zero attached hydrogens (tertiary/aromatic N) is 2. The van der Waals surface area contributed by atoms with Gasteiger partial charge in [-0.25, -0.2) is 4.99 Å². The molecule has 1 rings (SSSR count). The van der Waals surface area contributed by atoms with Crippen molar-refractivity contribution in [2.75, 3.05) is 13.1 Å². The van der Waals surface area contributed by atoms with Crippen molar-refractivity contribution in [1.82, 2.24) is 0 Å². The van der Waals surface area contributed by atoms with Crippen molar-refractivity contribution in [2.24, 2.45) is 4.99 Å². The van der Waals surface area contributed by atoms with E-state index in [0.717, 1.165) is 31.7 Å². The third kappa shape index (κ3) is 4.35. The molecule has 0 aliphatic rings. The molecule has 0 atom stereocenters.